The number of anilines is 1. The van der Waals surface area contributed by atoms with Gasteiger partial charge >= 0.3 is 6.09 Å². The molecule has 3 fully saturated rings. The van der Waals surface area contributed by atoms with Crippen LogP contribution < -0.4 is 4.90 Å². The van der Waals surface area contributed by atoms with Gasteiger partial charge in [0, 0.05) is 34.3 Å². The number of fused-ring (bicyclic) bond motifs is 2. The Morgan fingerprint density at radius 2 is 1.81 bits per heavy atom. The first-order valence-corrected chi connectivity index (χ1v) is 26.4. The van der Waals surface area contributed by atoms with E-state index in [2.05, 4.69) is 45.1 Å². The number of carbonyl (C=O) groups is 1. The van der Waals surface area contributed by atoms with Crippen molar-refractivity contribution in [3.8, 4) is 0 Å². The fraction of sp³-hybridized carbons (Fsp3) is 0.784. The van der Waals surface area contributed by atoms with Gasteiger partial charge in [-0.3, -0.25) is 4.90 Å². The summed E-state index contributed by atoms with van der Waals surface area (Å²) < 4.78 is 59.5. The Balaban J connectivity index is 1.27. The normalized spacial score (nSPS) is 23.9. The van der Waals surface area contributed by atoms with Crippen LogP contribution in [0.25, 0.3) is 5.52 Å². The molecule has 0 radical (unpaired) electrons. The summed E-state index contributed by atoms with van der Waals surface area (Å²) in [4.78, 5) is 21.4. The van der Waals surface area contributed by atoms with Crippen LogP contribution in [0.4, 0.5) is 10.6 Å². The van der Waals surface area contributed by atoms with Crippen molar-refractivity contribution in [1.29, 1.82) is 0 Å². The molecule has 3 aliphatic rings. The van der Waals surface area contributed by atoms with Gasteiger partial charge in [-0.25, -0.2) is 9.31 Å². The van der Waals surface area contributed by atoms with Crippen molar-refractivity contribution in [2.24, 2.45) is 0 Å². The van der Waals surface area contributed by atoms with Crippen molar-refractivity contribution in [2.45, 2.75) is 146 Å². The molecular weight excluding hydrogens is 795 g/mol. The Labute approximate surface area is 341 Å². The topological polar surface area (TPSA) is 176 Å². The number of hydrogen-bond donors (Lipinski definition) is 0. The molecule has 17 nitrogen and oxygen atoms in total. The quantitative estimate of drug-likeness (QED) is 0.0861. The molecule has 1 saturated carbocycles. The minimum atomic E-state index is -3.08. The smallest absolute Gasteiger partial charge is 0.416 e. The average molecular weight is 855 g/mol. The Hall–Kier alpha value is -2.54. The minimum absolute atomic E-state index is 0.00228. The highest BCUT2D eigenvalue weighted by Gasteiger charge is 2.57. The monoisotopic (exact) mass is 854 g/mol. The second-order valence-corrected chi connectivity index (χ2v) is 27.8. The van der Waals surface area contributed by atoms with Gasteiger partial charge in [-0.1, -0.05) is 32.5 Å². The molecule has 0 aromatic carbocycles. The lowest BCUT2D eigenvalue weighted by atomic mass is 10.1. The van der Waals surface area contributed by atoms with E-state index in [-0.39, 0.29) is 37.7 Å². The van der Waals surface area contributed by atoms with E-state index in [0.29, 0.717) is 29.5 Å². The molecule has 0 N–H and O–H groups in total. The highest BCUT2D eigenvalue weighted by atomic mass is 35.5. The first kappa shape index (κ1) is 44.0. The molecule has 20 heteroatoms. The summed E-state index contributed by atoms with van der Waals surface area (Å²) >= 11 is 6.62. The van der Waals surface area contributed by atoms with Crippen molar-refractivity contribution in [3.63, 3.8) is 0 Å². The number of nitrogens with zero attached hydrogens (tertiary/aromatic N) is 8. The van der Waals surface area contributed by atoms with Crippen LogP contribution in [0.15, 0.2) is 12.1 Å². The van der Waals surface area contributed by atoms with Crippen molar-refractivity contribution < 1.29 is 42.5 Å². The Morgan fingerprint density at radius 3 is 2.46 bits per heavy atom. The van der Waals surface area contributed by atoms with Crippen LogP contribution in [0.2, 0.25) is 31.0 Å². The number of methoxy groups -OCH3 is 1. The van der Waals surface area contributed by atoms with E-state index in [4.69, 9.17) is 44.8 Å². The lowest BCUT2D eigenvalue weighted by Crippen LogP contribution is -2.44. The van der Waals surface area contributed by atoms with Gasteiger partial charge in [0.2, 0.25) is 5.28 Å². The molecule has 2 saturated heterocycles. The molecular formula is C37H60ClN8O9PSi. The summed E-state index contributed by atoms with van der Waals surface area (Å²) in [6.07, 6.45) is 0.688. The maximum atomic E-state index is 14.1. The molecule has 0 spiro atoms. The van der Waals surface area contributed by atoms with Crippen LogP contribution in [0.1, 0.15) is 77.9 Å². The third-order valence-corrected chi connectivity index (χ3v) is 14.7. The molecule has 2 aliphatic heterocycles. The third-order valence-electron chi connectivity index (χ3n) is 10.4. The zero-order valence-electron chi connectivity index (χ0n) is 35.2. The van der Waals surface area contributed by atoms with Gasteiger partial charge in [0.05, 0.1) is 18.9 Å². The summed E-state index contributed by atoms with van der Waals surface area (Å²) in [5.74, 6) is -0.236. The summed E-state index contributed by atoms with van der Waals surface area (Å²) in [6, 6.07) is 4.63. The van der Waals surface area contributed by atoms with Gasteiger partial charge in [0.1, 0.15) is 42.7 Å². The SMILES string of the molecule is COC[C@](Cc1nnn(COCC[Si](C)(C)C)n1)(OC[C@H]1O[C@H](c2ccc3c(N(C(=O)OC(C)(C)C)C4CCCC4)nc(Cl)nn23)[C@@H]2OC(C)(C)O[C@@H]21)P(C)(C)=O. The summed E-state index contributed by atoms with van der Waals surface area (Å²) in [5, 5.41) is 16.2. The molecule has 3 aromatic rings. The van der Waals surface area contributed by atoms with E-state index in [1.165, 1.54) is 11.9 Å². The van der Waals surface area contributed by atoms with Crippen LogP contribution in [0.3, 0.4) is 0 Å². The predicted octanol–water partition coefficient (Wildman–Crippen LogP) is 6.55. The van der Waals surface area contributed by atoms with Crippen molar-refractivity contribution in [2.75, 3.05) is 45.2 Å². The molecule has 0 unspecified atom stereocenters. The highest BCUT2D eigenvalue weighted by molar-refractivity contribution is 7.63. The molecule has 1 amide bonds. The standard InChI is InChI=1S/C37H60ClN8O9PSi/c1-35(2,3)55-34(47)45(24-14-12-13-15-24)32-26-17-16-25(46(26)42-33(38)39-32)29-31-30(53-36(4,5)54-31)27(52-29)21-51-37(22-49-6,56(7,8)48)20-28-40-43-44(41-28)23-50-18-19-57(9,10)11/h16-17,24,27,29-31H,12-15,18-23H2,1-11H3/t27-,29-,30-,31+,37-/m1/s1. The van der Waals surface area contributed by atoms with Crippen LogP contribution in [0, 0.1) is 0 Å². The summed E-state index contributed by atoms with van der Waals surface area (Å²) in [5.41, 5.74) is 0.465. The maximum Gasteiger partial charge on any atom is 0.416 e. The Morgan fingerprint density at radius 1 is 1.11 bits per heavy atom. The largest absolute Gasteiger partial charge is 0.443 e. The molecule has 6 rings (SSSR count). The molecule has 3 aromatic heterocycles. The fourth-order valence-corrected chi connectivity index (χ4v) is 9.85. The summed E-state index contributed by atoms with van der Waals surface area (Å²) in [6.45, 7) is 20.2. The summed E-state index contributed by atoms with van der Waals surface area (Å²) in [7, 11) is -2.80. The van der Waals surface area contributed by atoms with Crippen LogP contribution >= 0.6 is 18.7 Å². The molecule has 5 atom stereocenters. The second kappa shape index (κ2) is 16.8. The molecule has 318 valence electrons. The number of rotatable bonds is 16. The highest BCUT2D eigenvalue weighted by Crippen LogP contribution is 2.55. The Kier molecular flexibility index (Phi) is 13.0. The Bertz CT molecular complexity index is 1920. The molecule has 5 heterocycles. The molecule has 0 bridgehead atoms. The predicted molar refractivity (Wildman–Crippen MR) is 216 cm³/mol. The zero-order valence-corrected chi connectivity index (χ0v) is 37.8. The van der Waals surface area contributed by atoms with Crippen molar-refractivity contribution in [3.05, 3.63) is 28.9 Å². The van der Waals surface area contributed by atoms with Gasteiger partial charge in [0.15, 0.2) is 29.5 Å². The average Bonchev–Trinajstić information content (AvgIpc) is 3.91. The van der Waals surface area contributed by atoms with E-state index >= 15 is 0 Å². The third kappa shape index (κ3) is 10.3. The van der Waals surface area contributed by atoms with Crippen molar-refractivity contribution >= 4 is 44.2 Å². The molecule has 57 heavy (non-hydrogen) atoms. The van der Waals surface area contributed by atoms with Crippen LogP contribution in [-0.2, 0) is 50.9 Å². The van der Waals surface area contributed by atoms with E-state index in [9.17, 15) is 9.36 Å². The first-order valence-electron chi connectivity index (χ1n) is 19.7. The van der Waals surface area contributed by atoms with Gasteiger partial charge in [-0.05, 0) is 95.8 Å². The van der Waals surface area contributed by atoms with Crippen LogP contribution in [0.5, 0.6) is 0 Å². The first-order chi connectivity index (χ1) is 26.6. The number of hydrogen-bond acceptors (Lipinski definition) is 14. The minimum Gasteiger partial charge on any atom is -0.443 e. The number of carbonyl (C=O) groups excluding carboxylic acids is 1. The number of amides is 1. The van der Waals surface area contributed by atoms with Gasteiger partial charge in [-0.2, -0.15) is 4.98 Å². The van der Waals surface area contributed by atoms with E-state index < -0.39 is 62.5 Å². The second-order valence-electron chi connectivity index (χ2n) is 18.4. The number of tetrazole rings is 1. The van der Waals surface area contributed by atoms with E-state index in [1.54, 1.807) is 22.7 Å². The van der Waals surface area contributed by atoms with Crippen LogP contribution in [-0.4, -0.2) is 130 Å². The zero-order chi connectivity index (χ0) is 41.6. The lowest BCUT2D eigenvalue weighted by Gasteiger charge is -2.37. The van der Waals surface area contributed by atoms with Gasteiger partial charge < -0.3 is 37.7 Å². The maximum absolute atomic E-state index is 14.1. The number of aromatic nitrogens is 7. The lowest BCUT2D eigenvalue weighted by molar-refractivity contribution is -0.197. The molecule has 1 aliphatic carbocycles. The van der Waals surface area contributed by atoms with E-state index in [0.717, 1.165) is 31.7 Å². The number of halogens is 1. The van der Waals surface area contributed by atoms with Gasteiger partial charge in [-0.15, -0.1) is 20.1 Å². The van der Waals surface area contributed by atoms with Crippen molar-refractivity contribution in [1.82, 2.24) is 34.8 Å². The fourth-order valence-electron chi connectivity index (χ4n) is 7.59. The number of ether oxygens (including phenoxy) is 7. The van der Waals surface area contributed by atoms with E-state index in [1.807, 2.05) is 46.8 Å². The van der Waals surface area contributed by atoms with Gasteiger partial charge in [0.25, 0.3) is 0 Å².